The van der Waals surface area contributed by atoms with Gasteiger partial charge in [0.1, 0.15) is 0 Å². The van der Waals surface area contributed by atoms with Gasteiger partial charge >= 0.3 is 0 Å². The van der Waals surface area contributed by atoms with Crippen LogP contribution in [-0.2, 0) is 4.79 Å². The minimum atomic E-state index is 0.121. The van der Waals surface area contributed by atoms with Crippen LogP contribution in [0.5, 0.6) is 0 Å². The number of hydrogen-bond donors (Lipinski definition) is 2. The van der Waals surface area contributed by atoms with Crippen LogP contribution in [0, 0.1) is 5.92 Å². The van der Waals surface area contributed by atoms with Gasteiger partial charge in [-0.2, -0.15) is 11.8 Å². The maximum Gasteiger partial charge on any atom is 0.233 e. The van der Waals surface area contributed by atoms with Crippen molar-refractivity contribution >= 4 is 17.7 Å². The topological polar surface area (TPSA) is 41.1 Å². The van der Waals surface area contributed by atoms with Crippen LogP contribution in [0.1, 0.15) is 12.8 Å². The number of rotatable bonds is 9. The molecule has 4 heteroatoms. The van der Waals surface area contributed by atoms with E-state index in [2.05, 4.69) is 17.2 Å². The van der Waals surface area contributed by atoms with Crippen molar-refractivity contribution in [1.82, 2.24) is 10.6 Å². The van der Waals surface area contributed by atoms with Crippen molar-refractivity contribution in [1.29, 1.82) is 0 Å². The Bertz CT molecular complexity index is 205. The van der Waals surface area contributed by atoms with Gasteiger partial charge in [-0.05, 0) is 18.8 Å². The van der Waals surface area contributed by atoms with E-state index in [1.807, 2.05) is 17.8 Å². The summed E-state index contributed by atoms with van der Waals surface area (Å²) in [6.45, 7) is 5.84. The van der Waals surface area contributed by atoms with E-state index < -0.39 is 0 Å². The Morgan fingerprint density at radius 3 is 3.00 bits per heavy atom. The Kier molecular flexibility index (Phi) is 6.52. The van der Waals surface area contributed by atoms with Crippen molar-refractivity contribution in [2.75, 3.05) is 31.1 Å². The third-order valence-corrected chi connectivity index (χ3v) is 3.19. The zero-order valence-corrected chi connectivity index (χ0v) is 9.94. The molecule has 3 nitrogen and oxygen atoms in total. The van der Waals surface area contributed by atoms with E-state index >= 15 is 0 Å². The van der Waals surface area contributed by atoms with Crippen molar-refractivity contribution in [2.24, 2.45) is 5.92 Å². The standard InChI is InChI=1S/C11H20N2OS/c1-2-6-15-7-5-12-9-11(14)13-8-10-3-4-10/h2,10,12H,1,3-9H2,(H,13,14). The smallest absolute Gasteiger partial charge is 0.233 e. The molecule has 1 fully saturated rings. The Balaban J connectivity index is 1.81. The first-order valence-corrected chi connectivity index (χ1v) is 6.64. The highest BCUT2D eigenvalue weighted by atomic mass is 32.2. The third kappa shape index (κ3) is 7.45. The van der Waals surface area contributed by atoms with Crippen molar-refractivity contribution in [3.8, 4) is 0 Å². The highest BCUT2D eigenvalue weighted by Gasteiger charge is 2.21. The van der Waals surface area contributed by atoms with Crippen LogP contribution in [-0.4, -0.2) is 37.0 Å². The minimum Gasteiger partial charge on any atom is -0.355 e. The van der Waals surface area contributed by atoms with Crippen molar-refractivity contribution < 1.29 is 4.79 Å². The number of hydrogen-bond acceptors (Lipinski definition) is 3. The van der Waals surface area contributed by atoms with Gasteiger partial charge in [0.2, 0.25) is 5.91 Å². The van der Waals surface area contributed by atoms with Crippen molar-refractivity contribution in [3.63, 3.8) is 0 Å². The zero-order valence-electron chi connectivity index (χ0n) is 9.13. The van der Waals surface area contributed by atoms with Gasteiger partial charge in [-0.3, -0.25) is 4.79 Å². The molecule has 0 aromatic carbocycles. The predicted molar refractivity (Wildman–Crippen MR) is 66.1 cm³/mol. The van der Waals surface area contributed by atoms with Crippen molar-refractivity contribution in [2.45, 2.75) is 12.8 Å². The first-order chi connectivity index (χ1) is 7.33. The average molecular weight is 228 g/mol. The van der Waals surface area contributed by atoms with Crippen LogP contribution in [0.2, 0.25) is 0 Å². The molecule has 1 amide bonds. The highest BCUT2D eigenvalue weighted by molar-refractivity contribution is 7.99. The van der Waals surface area contributed by atoms with Crippen LogP contribution in [0.3, 0.4) is 0 Å². The second-order valence-corrected chi connectivity index (χ2v) is 4.94. The highest BCUT2D eigenvalue weighted by Crippen LogP contribution is 2.27. The summed E-state index contributed by atoms with van der Waals surface area (Å²) >= 11 is 1.82. The molecule has 0 aliphatic heterocycles. The summed E-state index contributed by atoms with van der Waals surface area (Å²) < 4.78 is 0. The Morgan fingerprint density at radius 1 is 1.53 bits per heavy atom. The van der Waals surface area contributed by atoms with Gasteiger partial charge in [-0.25, -0.2) is 0 Å². The van der Waals surface area contributed by atoms with Crippen molar-refractivity contribution in [3.05, 3.63) is 12.7 Å². The lowest BCUT2D eigenvalue weighted by molar-refractivity contribution is -0.120. The Hall–Kier alpha value is -0.480. The lowest BCUT2D eigenvalue weighted by Crippen LogP contribution is -2.35. The molecule has 0 heterocycles. The number of amides is 1. The monoisotopic (exact) mass is 228 g/mol. The van der Waals surface area contributed by atoms with Crippen LogP contribution in [0.25, 0.3) is 0 Å². The van der Waals surface area contributed by atoms with E-state index in [1.54, 1.807) is 0 Å². The third-order valence-electron chi connectivity index (χ3n) is 2.23. The fourth-order valence-corrected chi connectivity index (χ4v) is 1.78. The maximum absolute atomic E-state index is 11.3. The summed E-state index contributed by atoms with van der Waals surface area (Å²) in [6.07, 6.45) is 4.46. The lowest BCUT2D eigenvalue weighted by Gasteiger charge is -2.05. The molecule has 0 saturated heterocycles. The van der Waals surface area contributed by atoms with Crippen LogP contribution in [0.15, 0.2) is 12.7 Å². The van der Waals surface area contributed by atoms with E-state index in [4.69, 9.17) is 0 Å². The molecule has 1 saturated carbocycles. The average Bonchev–Trinajstić information content (AvgIpc) is 3.04. The number of thioether (sulfide) groups is 1. The van der Waals surface area contributed by atoms with E-state index in [-0.39, 0.29) is 5.91 Å². The molecule has 0 atom stereocenters. The predicted octanol–water partition coefficient (Wildman–Crippen LogP) is 1.02. The molecule has 1 aliphatic carbocycles. The molecular formula is C11H20N2OS. The summed E-state index contributed by atoms with van der Waals surface area (Å²) in [5, 5.41) is 6.04. The van der Waals surface area contributed by atoms with Gasteiger partial charge in [0, 0.05) is 24.6 Å². The molecule has 1 rings (SSSR count). The SMILES string of the molecule is C=CCSCCNCC(=O)NCC1CC1. The summed E-state index contributed by atoms with van der Waals surface area (Å²) in [7, 11) is 0. The normalized spacial score (nSPS) is 14.9. The zero-order chi connectivity index (χ0) is 10.9. The van der Waals surface area contributed by atoms with Crippen LogP contribution in [0.4, 0.5) is 0 Å². The Morgan fingerprint density at radius 2 is 2.33 bits per heavy atom. The molecule has 1 aliphatic rings. The quantitative estimate of drug-likeness (QED) is 0.457. The van der Waals surface area contributed by atoms with Gasteiger partial charge < -0.3 is 10.6 Å². The molecule has 0 aromatic rings. The number of carbonyl (C=O) groups excluding carboxylic acids is 1. The van der Waals surface area contributed by atoms with Crippen LogP contribution < -0.4 is 10.6 Å². The van der Waals surface area contributed by atoms with Gasteiger partial charge in [0.15, 0.2) is 0 Å². The lowest BCUT2D eigenvalue weighted by atomic mass is 10.4. The van der Waals surface area contributed by atoms with Crippen LogP contribution >= 0.6 is 11.8 Å². The maximum atomic E-state index is 11.3. The Labute approximate surface area is 96.1 Å². The molecule has 0 bridgehead atoms. The second-order valence-electron chi connectivity index (χ2n) is 3.79. The number of carbonyl (C=O) groups is 1. The second kappa shape index (κ2) is 7.77. The molecule has 86 valence electrons. The number of nitrogens with one attached hydrogen (secondary N) is 2. The summed E-state index contributed by atoms with van der Waals surface area (Å²) in [5.74, 6) is 2.89. The fourth-order valence-electron chi connectivity index (χ4n) is 1.16. The fraction of sp³-hybridized carbons (Fsp3) is 0.727. The summed E-state index contributed by atoms with van der Waals surface area (Å²) in [6, 6.07) is 0. The molecule has 0 radical (unpaired) electrons. The summed E-state index contributed by atoms with van der Waals surface area (Å²) in [5.41, 5.74) is 0. The first-order valence-electron chi connectivity index (χ1n) is 5.49. The van der Waals surface area contributed by atoms with E-state index in [0.717, 1.165) is 30.5 Å². The molecule has 0 spiro atoms. The molecular weight excluding hydrogens is 208 g/mol. The van der Waals surface area contributed by atoms with E-state index in [0.29, 0.717) is 6.54 Å². The van der Waals surface area contributed by atoms with Gasteiger partial charge in [-0.1, -0.05) is 6.08 Å². The summed E-state index contributed by atoms with van der Waals surface area (Å²) in [4.78, 5) is 11.3. The minimum absolute atomic E-state index is 0.121. The van der Waals surface area contributed by atoms with Gasteiger partial charge in [-0.15, -0.1) is 6.58 Å². The van der Waals surface area contributed by atoms with E-state index in [9.17, 15) is 4.79 Å². The molecule has 0 unspecified atom stereocenters. The molecule has 0 aromatic heterocycles. The molecule has 2 N–H and O–H groups in total. The van der Waals surface area contributed by atoms with E-state index in [1.165, 1.54) is 12.8 Å². The van der Waals surface area contributed by atoms with Gasteiger partial charge in [0.25, 0.3) is 0 Å². The van der Waals surface area contributed by atoms with Gasteiger partial charge in [0.05, 0.1) is 6.54 Å². The largest absolute Gasteiger partial charge is 0.355 e. The first kappa shape index (κ1) is 12.6. The molecule has 15 heavy (non-hydrogen) atoms.